The van der Waals surface area contributed by atoms with E-state index in [1.807, 2.05) is 6.92 Å². The Hall–Kier alpha value is -0.910. The summed E-state index contributed by atoms with van der Waals surface area (Å²) in [5, 5.41) is 6.51. The lowest BCUT2D eigenvalue weighted by atomic mass is 10.3. The second-order valence-electron chi connectivity index (χ2n) is 3.15. The van der Waals surface area contributed by atoms with Crippen LogP contribution >= 0.6 is 15.9 Å². The molecule has 0 aliphatic rings. The number of aryl methyl sites for hydroxylation is 1. The monoisotopic (exact) mass is 275 g/mol. The van der Waals surface area contributed by atoms with E-state index in [9.17, 15) is 4.79 Å². The number of alkyl halides is 1. The first-order valence-electron chi connectivity index (χ1n) is 4.84. The van der Waals surface area contributed by atoms with E-state index in [0.29, 0.717) is 24.7 Å². The van der Waals surface area contributed by atoms with Gasteiger partial charge in [-0.3, -0.25) is 4.79 Å². The van der Waals surface area contributed by atoms with E-state index in [2.05, 4.69) is 31.4 Å². The maximum absolute atomic E-state index is 11.3. The molecule has 84 valence electrons. The van der Waals surface area contributed by atoms with Crippen LogP contribution in [0.4, 0.5) is 0 Å². The third-order valence-corrected chi connectivity index (χ3v) is 2.92. The van der Waals surface area contributed by atoms with Crippen molar-refractivity contribution in [2.45, 2.75) is 31.5 Å². The predicted octanol–water partition coefficient (Wildman–Crippen LogP) is 1.21. The minimum Gasteiger partial charge on any atom is -0.355 e. The van der Waals surface area contributed by atoms with Crippen LogP contribution in [0.1, 0.15) is 25.1 Å². The Morgan fingerprint density at radius 2 is 2.40 bits per heavy atom. The SMILES string of the molecule is CCC(Br)C(=O)NCCc1noc(C)n1. The van der Waals surface area contributed by atoms with Crippen molar-refractivity contribution in [3.63, 3.8) is 0 Å². The molecule has 1 rings (SSSR count). The predicted molar refractivity (Wildman–Crippen MR) is 58.8 cm³/mol. The summed E-state index contributed by atoms with van der Waals surface area (Å²) in [6.07, 6.45) is 1.36. The molecule has 0 saturated heterocycles. The molecule has 0 radical (unpaired) electrons. The molecule has 5 nitrogen and oxygen atoms in total. The average Bonchev–Trinajstić information content (AvgIpc) is 2.63. The molecule has 1 unspecified atom stereocenters. The standard InChI is InChI=1S/C9H14BrN3O2/c1-3-7(10)9(14)11-5-4-8-12-6(2)15-13-8/h7H,3-5H2,1-2H3,(H,11,14). The topological polar surface area (TPSA) is 68.0 Å². The third-order valence-electron chi connectivity index (χ3n) is 1.86. The summed E-state index contributed by atoms with van der Waals surface area (Å²) in [5.74, 6) is 1.16. The quantitative estimate of drug-likeness (QED) is 0.821. The molecule has 0 aliphatic carbocycles. The fourth-order valence-corrected chi connectivity index (χ4v) is 1.20. The number of aromatic nitrogens is 2. The van der Waals surface area contributed by atoms with Crippen molar-refractivity contribution in [2.24, 2.45) is 0 Å². The molecule has 0 aromatic carbocycles. The van der Waals surface area contributed by atoms with Crippen molar-refractivity contribution in [1.29, 1.82) is 0 Å². The smallest absolute Gasteiger partial charge is 0.233 e. The van der Waals surface area contributed by atoms with Gasteiger partial charge in [0.15, 0.2) is 5.82 Å². The Morgan fingerprint density at radius 1 is 1.67 bits per heavy atom. The van der Waals surface area contributed by atoms with E-state index in [4.69, 9.17) is 4.52 Å². The number of hydrogen-bond acceptors (Lipinski definition) is 4. The number of rotatable bonds is 5. The highest BCUT2D eigenvalue weighted by Crippen LogP contribution is 2.03. The summed E-state index contributed by atoms with van der Waals surface area (Å²) in [5.41, 5.74) is 0. The second-order valence-corrected chi connectivity index (χ2v) is 4.25. The Balaban J connectivity index is 2.24. The first kappa shape index (κ1) is 12.2. The van der Waals surface area contributed by atoms with Crippen LogP contribution in [-0.4, -0.2) is 27.4 Å². The maximum Gasteiger partial charge on any atom is 0.233 e. The molecule has 1 N–H and O–H groups in total. The average molecular weight is 276 g/mol. The first-order valence-corrected chi connectivity index (χ1v) is 5.76. The van der Waals surface area contributed by atoms with E-state index in [0.717, 1.165) is 6.42 Å². The molecular formula is C9H14BrN3O2. The van der Waals surface area contributed by atoms with E-state index < -0.39 is 0 Å². The van der Waals surface area contributed by atoms with Gasteiger partial charge in [-0.25, -0.2) is 0 Å². The number of nitrogens with one attached hydrogen (secondary N) is 1. The molecule has 0 bridgehead atoms. The van der Waals surface area contributed by atoms with Crippen molar-refractivity contribution >= 4 is 21.8 Å². The number of hydrogen-bond donors (Lipinski definition) is 1. The molecule has 1 atom stereocenters. The highest BCUT2D eigenvalue weighted by atomic mass is 79.9. The first-order chi connectivity index (χ1) is 7.13. The van der Waals surface area contributed by atoms with Crippen LogP contribution in [0.2, 0.25) is 0 Å². The van der Waals surface area contributed by atoms with Crippen LogP contribution in [0.3, 0.4) is 0 Å². The lowest BCUT2D eigenvalue weighted by Gasteiger charge is -2.06. The molecule has 1 aromatic heterocycles. The third kappa shape index (κ3) is 3.99. The summed E-state index contributed by atoms with van der Waals surface area (Å²) in [6, 6.07) is 0. The maximum atomic E-state index is 11.3. The zero-order valence-electron chi connectivity index (χ0n) is 8.79. The van der Waals surface area contributed by atoms with E-state index >= 15 is 0 Å². The number of carbonyl (C=O) groups is 1. The summed E-state index contributed by atoms with van der Waals surface area (Å²) >= 11 is 3.27. The van der Waals surface area contributed by atoms with Crippen LogP contribution in [0.15, 0.2) is 4.52 Å². The van der Waals surface area contributed by atoms with Gasteiger partial charge in [-0.05, 0) is 6.42 Å². The summed E-state index contributed by atoms with van der Waals surface area (Å²) in [7, 11) is 0. The largest absolute Gasteiger partial charge is 0.355 e. The van der Waals surface area contributed by atoms with Gasteiger partial charge in [0, 0.05) is 19.9 Å². The van der Waals surface area contributed by atoms with Gasteiger partial charge in [-0.2, -0.15) is 4.98 Å². The molecule has 1 heterocycles. The Morgan fingerprint density at radius 3 is 2.93 bits per heavy atom. The van der Waals surface area contributed by atoms with Crippen molar-refractivity contribution < 1.29 is 9.32 Å². The fraction of sp³-hybridized carbons (Fsp3) is 0.667. The van der Waals surface area contributed by atoms with Gasteiger partial charge in [-0.1, -0.05) is 28.0 Å². The highest BCUT2D eigenvalue weighted by Gasteiger charge is 2.11. The molecule has 0 spiro atoms. The van der Waals surface area contributed by atoms with Crippen molar-refractivity contribution in [3.8, 4) is 0 Å². The lowest BCUT2D eigenvalue weighted by molar-refractivity contribution is -0.120. The molecule has 1 aromatic rings. The molecule has 15 heavy (non-hydrogen) atoms. The van der Waals surface area contributed by atoms with Gasteiger partial charge < -0.3 is 9.84 Å². The van der Waals surface area contributed by atoms with Crippen LogP contribution in [0.5, 0.6) is 0 Å². The van der Waals surface area contributed by atoms with Gasteiger partial charge >= 0.3 is 0 Å². The number of nitrogens with zero attached hydrogens (tertiary/aromatic N) is 2. The molecular weight excluding hydrogens is 262 g/mol. The van der Waals surface area contributed by atoms with Crippen molar-refractivity contribution in [3.05, 3.63) is 11.7 Å². The van der Waals surface area contributed by atoms with Crippen LogP contribution in [0, 0.1) is 6.92 Å². The van der Waals surface area contributed by atoms with Gasteiger partial charge in [-0.15, -0.1) is 0 Å². The van der Waals surface area contributed by atoms with Crippen molar-refractivity contribution in [1.82, 2.24) is 15.5 Å². The Kier molecular flexibility index (Phi) is 4.74. The molecule has 0 aliphatic heterocycles. The van der Waals surface area contributed by atoms with Gasteiger partial charge in [0.1, 0.15) is 0 Å². The highest BCUT2D eigenvalue weighted by molar-refractivity contribution is 9.10. The fourth-order valence-electron chi connectivity index (χ4n) is 1.04. The minimum atomic E-state index is -0.121. The van der Waals surface area contributed by atoms with Crippen molar-refractivity contribution in [2.75, 3.05) is 6.54 Å². The molecule has 1 amide bonds. The number of carbonyl (C=O) groups excluding carboxylic acids is 1. The normalized spacial score (nSPS) is 12.5. The van der Waals surface area contributed by atoms with Gasteiger partial charge in [0.25, 0.3) is 0 Å². The van der Waals surface area contributed by atoms with Gasteiger partial charge in [0.05, 0.1) is 4.83 Å². The zero-order valence-corrected chi connectivity index (χ0v) is 10.4. The second kappa shape index (κ2) is 5.85. The van der Waals surface area contributed by atoms with E-state index in [1.165, 1.54) is 0 Å². The lowest BCUT2D eigenvalue weighted by Crippen LogP contribution is -2.32. The zero-order chi connectivity index (χ0) is 11.3. The van der Waals surface area contributed by atoms with Gasteiger partial charge in [0.2, 0.25) is 11.8 Å². The molecule has 0 fully saturated rings. The number of amides is 1. The van der Waals surface area contributed by atoms with E-state index in [1.54, 1.807) is 6.92 Å². The van der Waals surface area contributed by atoms with Crippen LogP contribution in [-0.2, 0) is 11.2 Å². The van der Waals surface area contributed by atoms with E-state index in [-0.39, 0.29) is 10.7 Å². The number of halogens is 1. The summed E-state index contributed by atoms with van der Waals surface area (Å²) < 4.78 is 4.81. The summed E-state index contributed by atoms with van der Waals surface area (Å²) in [6.45, 7) is 4.21. The minimum absolute atomic E-state index is 0.00211. The van der Waals surface area contributed by atoms with Crippen LogP contribution < -0.4 is 5.32 Å². The summed E-state index contributed by atoms with van der Waals surface area (Å²) in [4.78, 5) is 15.3. The van der Waals surface area contributed by atoms with Crippen LogP contribution in [0.25, 0.3) is 0 Å². The molecule has 6 heteroatoms. The Labute approximate surface area is 96.7 Å². The molecule has 0 saturated carbocycles. The Bertz CT molecular complexity index is 327.